The molecule has 0 unspecified atom stereocenters. The second-order valence-corrected chi connectivity index (χ2v) is 1.64. The molecule has 0 aliphatic heterocycles. The molecule has 0 rings (SSSR count). The number of esters is 1. The number of nitrogens with zero attached hydrogens (tertiary/aromatic N) is 1. The third-order valence-corrected chi connectivity index (χ3v) is 0.924. The van der Waals surface area contributed by atoms with Gasteiger partial charge >= 0.3 is 5.97 Å². The van der Waals surface area contributed by atoms with Crippen LogP contribution in [-0.2, 0) is 9.53 Å². The summed E-state index contributed by atoms with van der Waals surface area (Å²) in [6, 6.07) is 1.68. The predicted molar refractivity (Wildman–Crippen MR) is 36.2 cm³/mol. The Balaban J connectivity index is 3.91. The molecule has 0 N–H and O–H groups in total. The molecule has 0 aromatic heterocycles. The average molecular weight is 160 g/mol. The molecule has 54 valence electrons. The number of halogens is 1. The van der Waals surface area contributed by atoms with Crippen LogP contribution in [0.2, 0.25) is 0 Å². The zero-order valence-electron chi connectivity index (χ0n) is 5.43. The van der Waals surface area contributed by atoms with Crippen LogP contribution in [0.25, 0.3) is 0 Å². The van der Waals surface area contributed by atoms with Gasteiger partial charge in [-0.05, 0) is 13.0 Å². The summed E-state index contributed by atoms with van der Waals surface area (Å²) < 4.78 is 4.43. The van der Waals surface area contributed by atoms with Gasteiger partial charge in [-0.15, -0.1) is 11.6 Å². The SMILES string of the molecule is CC=C(C#N)OC(=O)CCl. The van der Waals surface area contributed by atoms with Crippen LogP contribution in [-0.4, -0.2) is 11.8 Å². The summed E-state index contributed by atoms with van der Waals surface area (Å²) in [5, 5.41) is 8.23. The van der Waals surface area contributed by atoms with Gasteiger partial charge < -0.3 is 4.74 Å². The van der Waals surface area contributed by atoms with Gasteiger partial charge in [-0.2, -0.15) is 5.26 Å². The molecule has 10 heavy (non-hydrogen) atoms. The summed E-state index contributed by atoms with van der Waals surface area (Å²) >= 11 is 5.10. The van der Waals surface area contributed by atoms with Crippen LogP contribution in [0.3, 0.4) is 0 Å². The van der Waals surface area contributed by atoms with Gasteiger partial charge in [-0.25, -0.2) is 0 Å². The van der Waals surface area contributed by atoms with Crippen molar-refractivity contribution in [2.45, 2.75) is 6.92 Å². The summed E-state index contributed by atoms with van der Waals surface area (Å²) in [7, 11) is 0. The van der Waals surface area contributed by atoms with Crippen molar-refractivity contribution in [1.82, 2.24) is 0 Å². The average Bonchev–Trinajstić information content (AvgIpc) is 1.99. The molecule has 0 bridgehead atoms. The van der Waals surface area contributed by atoms with Crippen molar-refractivity contribution >= 4 is 17.6 Å². The van der Waals surface area contributed by atoms with E-state index in [4.69, 9.17) is 16.9 Å². The van der Waals surface area contributed by atoms with E-state index in [0.717, 1.165) is 0 Å². The number of rotatable bonds is 2. The number of hydrogen-bond acceptors (Lipinski definition) is 3. The predicted octanol–water partition coefficient (Wildman–Crippen LogP) is 1.20. The molecular weight excluding hydrogens is 154 g/mol. The van der Waals surface area contributed by atoms with Crippen LogP contribution >= 0.6 is 11.6 Å². The first-order chi connectivity index (χ1) is 4.74. The fraction of sp³-hybridized carbons (Fsp3) is 0.333. The smallest absolute Gasteiger partial charge is 0.326 e. The minimum Gasteiger partial charge on any atom is -0.414 e. The molecule has 0 spiro atoms. The van der Waals surface area contributed by atoms with Gasteiger partial charge in [0.05, 0.1) is 0 Å². The maximum absolute atomic E-state index is 10.4. The maximum atomic E-state index is 10.4. The maximum Gasteiger partial charge on any atom is 0.326 e. The van der Waals surface area contributed by atoms with E-state index in [1.807, 2.05) is 0 Å². The third kappa shape index (κ3) is 3.10. The molecule has 0 aliphatic rings. The van der Waals surface area contributed by atoms with Crippen molar-refractivity contribution in [2.24, 2.45) is 0 Å². The number of carbonyl (C=O) groups excluding carboxylic acids is 1. The minimum atomic E-state index is -0.615. The molecule has 0 atom stereocenters. The van der Waals surface area contributed by atoms with Gasteiger partial charge in [0.25, 0.3) is 0 Å². The number of carbonyl (C=O) groups is 1. The van der Waals surface area contributed by atoms with Gasteiger partial charge in [0.1, 0.15) is 11.9 Å². The lowest BCUT2D eigenvalue weighted by molar-refractivity contribution is -0.135. The second-order valence-electron chi connectivity index (χ2n) is 1.37. The highest BCUT2D eigenvalue weighted by Crippen LogP contribution is 1.95. The summed E-state index contributed by atoms with van der Waals surface area (Å²) in [4.78, 5) is 10.4. The van der Waals surface area contributed by atoms with Gasteiger partial charge in [0, 0.05) is 0 Å². The molecule has 3 nitrogen and oxygen atoms in total. The van der Waals surface area contributed by atoms with Crippen LogP contribution < -0.4 is 0 Å². The quantitative estimate of drug-likeness (QED) is 0.263. The summed E-state index contributed by atoms with van der Waals surface area (Å²) in [6.45, 7) is 1.60. The summed E-state index contributed by atoms with van der Waals surface area (Å²) in [5.74, 6) is -0.874. The lowest BCUT2D eigenvalue weighted by Crippen LogP contribution is -2.03. The van der Waals surface area contributed by atoms with Crippen molar-refractivity contribution in [3.05, 3.63) is 11.8 Å². The van der Waals surface area contributed by atoms with Crippen molar-refractivity contribution in [2.75, 3.05) is 5.88 Å². The lowest BCUT2D eigenvalue weighted by Gasteiger charge is -1.95. The molecule has 0 amide bonds. The number of nitriles is 1. The Morgan fingerprint density at radius 3 is 2.80 bits per heavy atom. The first-order valence-electron chi connectivity index (χ1n) is 2.57. The van der Waals surface area contributed by atoms with Gasteiger partial charge in [0.15, 0.2) is 0 Å². The highest BCUT2D eigenvalue weighted by molar-refractivity contribution is 6.26. The molecule has 0 fully saturated rings. The minimum absolute atomic E-state index is 0.0225. The topological polar surface area (TPSA) is 50.1 Å². The lowest BCUT2D eigenvalue weighted by atomic mass is 10.5. The van der Waals surface area contributed by atoms with Crippen molar-refractivity contribution in [3.63, 3.8) is 0 Å². The van der Waals surface area contributed by atoms with Crippen LogP contribution in [0.15, 0.2) is 11.8 Å². The highest BCUT2D eigenvalue weighted by Gasteiger charge is 2.01. The molecule has 0 saturated carbocycles. The molecule has 0 radical (unpaired) electrons. The monoisotopic (exact) mass is 159 g/mol. The standard InChI is InChI=1S/C6H6ClNO2/c1-2-5(4-8)10-6(9)3-7/h2H,3H2,1H3. The molecule has 0 heterocycles. The van der Waals surface area contributed by atoms with Gasteiger partial charge in [-0.1, -0.05) is 0 Å². The molecular formula is C6H6ClNO2. The Hall–Kier alpha value is -1.01. The van der Waals surface area contributed by atoms with E-state index in [9.17, 15) is 4.79 Å². The summed E-state index contributed by atoms with van der Waals surface area (Å²) in [5.41, 5.74) is 0. The van der Waals surface area contributed by atoms with E-state index in [2.05, 4.69) is 4.74 Å². The molecule has 4 heteroatoms. The Morgan fingerprint density at radius 2 is 2.50 bits per heavy atom. The van der Waals surface area contributed by atoms with E-state index in [0.29, 0.717) is 0 Å². The van der Waals surface area contributed by atoms with Crippen molar-refractivity contribution < 1.29 is 9.53 Å². The number of allylic oxidation sites excluding steroid dienone is 2. The van der Waals surface area contributed by atoms with E-state index >= 15 is 0 Å². The zero-order valence-corrected chi connectivity index (χ0v) is 6.18. The van der Waals surface area contributed by atoms with Crippen molar-refractivity contribution in [3.8, 4) is 6.07 Å². The number of hydrogen-bond donors (Lipinski definition) is 0. The summed E-state index contributed by atoms with van der Waals surface area (Å²) in [6.07, 6.45) is 1.39. The molecule has 0 saturated heterocycles. The Morgan fingerprint density at radius 1 is 1.90 bits per heavy atom. The zero-order chi connectivity index (χ0) is 7.98. The van der Waals surface area contributed by atoms with Crippen LogP contribution in [0.1, 0.15) is 6.92 Å². The first kappa shape index (κ1) is 8.99. The van der Waals surface area contributed by atoms with E-state index < -0.39 is 5.97 Å². The van der Waals surface area contributed by atoms with Crippen LogP contribution in [0.4, 0.5) is 0 Å². The molecule has 0 aromatic rings. The Kier molecular flexibility index (Phi) is 4.34. The first-order valence-corrected chi connectivity index (χ1v) is 3.11. The van der Waals surface area contributed by atoms with E-state index in [1.165, 1.54) is 6.08 Å². The molecule has 0 aliphatic carbocycles. The fourth-order valence-electron chi connectivity index (χ4n) is 0.296. The Labute approximate surface area is 63.8 Å². The van der Waals surface area contributed by atoms with Crippen molar-refractivity contribution in [1.29, 1.82) is 5.26 Å². The number of alkyl halides is 1. The fourth-order valence-corrected chi connectivity index (χ4v) is 0.351. The van der Waals surface area contributed by atoms with Crippen LogP contribution in [0.5, 0.6) is 0 Å². The Bertz CT molecular complexity index is 192. The second kappa shape index (κ2) is 4.83. The van der Waals surface area contributed by atoms with Crippen LogP contribution in [0, 0.1) is 11.3 Å². The van der Waals surface area contributed by atoms with E-state index in [-0.39, 0.29) is 11.6 Å². The largest absolute Gasteiger partial charge is 0.414 e. The number of ether oxygens (including phenoxy) is 1. The third-order valence-electron chi connectivity index (χ3n) is 0.705. The van der Waals surface area contributed by atoms with E-state index in [1.54, 1.807) is 13.0 Å². The molecule has 0 aromatic carbocycles. The normalized spacial score (nSPS) is 10.3. The van der Waals surface area contributed by atoms with Gasteiger partial charge in [-0.3, -0.25) is 4.79 Å². The highest BCUT2D eigenvalue weighted by atomic mass is 35.5. The van der Waals surface area contributed by atoms with Gasteiger partial charge in [0.2, 0.25) is 5.76 Å².